The summed E-state index contributed by atoms with van der Waals surface area (Å²) in [6.45, 7) is 6.36. The number of carbonyl (C=O) groups is 2. The van der Waals surface area contributed by atoms with Crippen LogP contribution < -0.4 is 5.32 Å². The number of hydrogen-bond donors (Lipinski definition) is 1. The summed E-state index contributed by atoms with van der Waals surface area (Å²) < 4.78 is 10.3. The number of rotatable bonds is 8. The third-order valence-electron chi connectivity index (χ3n) is 4.54. The maximum Gasteiger partial charge on any atom is 0.254 e. The second-order valence-electron chi connectivity index (χ2n) is 6.77. The van der Waals surface area contributed by atoms with Crippen LogP contribution in [0.1, 0.15) is 22.5 Å². The van der Waals surface area contributed by atoms with Crippen LogP contribution in [0.25, 0.3) is 0 Å². The van der Waals surface area contributed by atoms with Crippen LogP contribution in [0.5, 0.6) is 0 Å². The minimum absolute atomic E-state index is 0.0389. The number of carbonyl (C=O) groups excluding carboxylic acids is 2. The van der Waals surface area contributed by atoms with Crippen molar-refractivity contribution in [2.24, 2.45) is 0 Å². The summed E-state index contributed by atoms with van der Waals surface area (Å²) in [5, 5.41) is 6.44. The molecule has 1 saturated heterocycles. The molecule has 1 aliphatic rings. The van der Waals surface area contributed by atoms with Crippen molar-refractivity contribution in [3.63, 3.8) is 0 Å². The number of morpholine rings is 1. The van der Waals surface area contributed by atoms with Crippen molar-refractivity contribution in [3.8, 4) is 0 Å². The normalized spacial score (nSPS) is 14.6. The van der Waals surface area contributed by atoms with Gasteiger partial charge in [-0.05, 0) is 25.5 Å². The number of aromatic nitrogens is 1. The van der Waals surface area contributed by atoms with E-state index >= 15 is 0 Å². The summed E-state index contributed by atoms with van der Waals surface area (Å²) in [7, 11) is 0. The molecule has 0 aliphatic carbocycles. The van der Waals surface area contributed by atoms with Crippen LogP contribution in [0.15, 0.2) is 40.9 Å². The number of anilines is 1. The van der Waals surface area contributed by atoms with Crippen molar-refractivity contribution in [1.29, 1.82) is 0 Å². The summed E-state index contributed by atoms with van der Waals surface area (Å²) in [5.74, 6) is 0.499. The lowest BCUT2D eigenvalue weighted by Crippen LogP contribution is -2.41. The van der Waals surface area contributed by atoms with Gasteiger partial charge in [-0.3, -0.25) is 14.5 Å². The van der Waals surface area contributed by atoms with Gasteiger partial charge in [0.25, 0.3) is 5.91 Å². The highest BCUT2D eigenvalue weighted by Gasteiger charge is 2.20. The lowest BCUT2D eigenvalue weighted by molar-refractivity contribution is -0.117. The molecule has 0 spiro atoms. The summed E-state index contributed by atoms with van der Waals surface area (Å²) in [6.07, 6.45) is 0.787. The van der Waals surface area contributed by atoms with Crippen LogP contribution in [0.2, 0.25) is 0 Å². The zero-order valence-corrected chi connectivity index (χ0v) is 16.1. The van der Waals surface area contributed by atoms with Gasteiger partial charge in [-0.15, -0.1) is 0 Å². The largest absolute Gasteiger partial charge is 0.379 e. The Morgan fingerprint density at radius 3 is 2.64 bits per heavy atom. The predicted molar refractivity (Wildman–Crippen MR) is 104 cm³/mol. The average Bonchev–Trinajstić information content (AvgIpc) is 3.12. The van der Waals surface area contributed by atoms with Gasteiger partial charge in [0.05, 0.1) is 13.2 Å². The number of nitrogens with zero attached hydrogens (tertiary/aromatic N) is 3. The minimum Gasteiger partial charge on any atom is -0.379 e. The molecule has 1 aromatic carbocycles. The Kier molecular flexibility index (Phi) is 7.16. The van der Waals surface area contributed by atoms with Crippen molar-refractivity contribution in [1.82, 2.24) is 15.0 Å². The fraction of sp³-hybridized carbons (Fsp3) is 0.450. The lowest BCUT2D eigenvalue weighted by atomic mass is 10.2. The maximum absolute atomic E-state index is 12.9. The van der Waals surface area contributed by atoms with Crippen molar-refractivity contribution in [2.75, 3.05) is 51.3 Å². The zero-order chi connectivity index (χ0) is 19.8. The molecular weight excluding hydrogens is 360 g/mol. The van der Waals surface area contributed by atoms with Crippen LogP contribution in [-0.2, 0) is 9.53 Å². The van der Waals surface area contributed by atoms with E-state index in [1.807, 2.05) is 18.2 Å². The molecule has 0 radical (unpaired) electrons. The standard InChI is InChI=1S/C20H26N4O4/c1-16-14-18(22-28-16)21-19(25)15-24(20(26)17-6-3-2-4-7-17)9-5-8-23-10-12-27-13-11-23/h2-4,6-7,14H,5,8-13,15H2,1H3,(H,21,22,25). The molecule has 28 heavy (non-hydrogen) atoms. The molecule has 0 bridgehead atoms. The summed E-state index contributed by atoms with van der Waals surface area (Å²) >= 11 is 0. The predicted octanol–water partition coefficient (Wildman–Crippen LogP) is 1.79. The van der Waals surface area contributed by atoms with Gasteiger partial charge in [-0.25, -0.2) is 0 Å². The minimum atomic E-state index is -0.302. The van der Waals surface area contributed by atoms with Gasteiger partial charge < -0.3 is 19.5 Å². The van der Waals surface area contributed by atoms with Crippen LogP contribution in [-0.4, -0.2) is 72.7 Å². The Bertz CT molecular complexity index is 772. The van der Waals surface area contributed by atoms with Gasteiger partial charge in [0, 0.05) is 37.8 Å². The molecular formula is C20H26N4O4. The molecule has 0 atom stereocenters. The van der Waals surface area contributed by atoms with Crippen LogP contribution in [0.4, 0.5) is 5.82 Å². The molecule has 8 nitrogen and oxygen atoms in total. The highest BCUT2D eigenvalue weighted by atomic mass is 16.5. The number of amides is 2. The van der Waals surface area contributed by atoms with E-state index in [1.165, 1.54) is 0 Å². The van der Waals surface area contributed by atoms with E-state index in [0.717, 1.165) is 39.3 Å². The van der Waals surface area contributed by atoms with E-state index in [0.29, 0.717) is 23.7 Å². The second-order valence-corrected chi connectivity index (χ2v) is 6.77. The third-order valence-corrected chi connectivity index (χ3v) is 4.54. The van der Waals surface area contributed by atoms with E-state index in [4.69, 9.17) is 9.26 Å². The Morgan fingerprint density at radius 1 is 1.21 bits per heavy atom. The van der Waals surface area contributed by atoms with Gasteiger partial charge in [0.1, 0.15) is 12.3 Å². The molecule has 2 aromatic rings. The topological polar surface area (TPSA) is 87.9 Å². The molecule has 3 rings (SSSR count). The molecule has 1 fully saturated rings. The summed E-state index contributed by atoms with van der Waals surface area (Å²) in [4.78, 5) is 29.2. The molecule has 2 heterocycles. The van der Waals surface area contributed by atoms with Crippen molar-refractivity contribution in [3.05, 3.63) is 47.7 Å². The molecule has 150 valence electrons. The number of aryl methyl sites for hydroxylation is 1. The second kappa shape index (κ2) is 10.0. The van der Waals surface area contributed by atoms with Crippen LogP contribution >= 0.6 is 0 Å². The fourth-order valence-electron chi connectivity index (χ4n) is 3.11. The van der Waals surface area contributed by atoms with E-state index in [-0.39, 0.29) is 18.4 Å². The monoisotopic (exact) mass is 386 g/mol. The Balaban J connectivity index is 1.59. The smallest absolute Gasteiger partial charge is 0.254 e. The number of nitrogens with one attached hydrogen (secondary N) is 1. The Hall–Kier alpha value is -2.71. The molecule has 0 unspecified atom stereocenters. The average molecular weight is 386 g/mol. The van der Waals surface area contributed by atoms with Gasteiger partial charge in [-0.1, -0.05) is 23.4 Å². The highest BCUT2D eigenvalue weighted by molar-refractivity contribution is 5.99. The van der Waals surface area contributed by atoms with Crippen molar-refractivity contribution in [2.45, 2.75) is 13.3 Å². The van der Waals surface area contributed by atoms with Crippen molar-refractivity contribution >= 4 is 17.6 Å². The van der Waals surface area contributed by atoms with Gasteiger partial charge >= 0.3 is 0 Å². The third kappa shape index (κ3) is 5.90. The van der Waals surface area contributed by atoms with Gasteiger partial charge in [-0.2, -0.15) is 0 Å². The van der Waals surface area contributed by atoms with E-state index < -0.39 is 0 Å². The Labute approximate surface area is 164 Å². The first-order valence-corrected chi connectivity index (χ1v) is 9.49. The number of hydrogen-bond acceptors (Lipinski definition) is 6. The fourth-order valence-corrected chi connectivity index (χ4v) is 3.11. The molecule has 8 heteroatoms. The van der Waals surface area contributed by atoms with E-state index in [9.17, 15) is 9.59 Å². The van der Waals surface area contributed by atoms with Crippen molar-refractivity contribution < 1.29 is 18.8 Å². The molecule has 0 saturated carbocycles. The zero-order valence-electron chi connectivity index (χ0n) is 16.1. The highest BCUT2D eigenvalue weighted by Crippen LogP contribution is 2.09. The first-order valence-electron chi connectivity index (χ1n) is 9.49. The molecule has 2 amide bonds. The van der Waals surface area contributed by atoms with E-state index in [1.54, 1.807) is 30.0 Å². The quantitative estimate of drug-likeness (QED) is 0.744. The molecule has 1 aliphatic heterocycles. The summed E-state index contributed by atoms with van der Waals surface area (Å²) in [6, 6.07) is 10.7. The first-order chi connectivity index (χ1) is 13.6. The first kappa shape index (κ1) is 20.0. The van der Waals surface area contributed by atoms with Crippen LogP contribution in [0.3, 0.4) is 0 Å². The van der Waals surface area contributed by atoms with E-state index in [2.05, 4.69) is 15.4 Å². The van der Waals surface area contributed by atoms with Gasteiger partial charge in [0.2, 0.25) is 5.91 Å². The lowest BCUT2D eigenvalue weighted by Gasteiger charge is -2.28. The molecule has 1 aromatic heterocycles. The van der Waals surface area contributed by atoms with Gasteiger partial charge in [0.15, 0.2) is 5.82 Å². The number of ether oxygens (including phenoxy) is 1. The number of benzene rings is 1. The Morgan fingerprint density at radius 2 is 1.96 bits per heavy atom. The summed E-state index contributed by atoms with van der Waals surface area (Å²) in [5.41, 5.74) is 0.568. The maximum atomic E-state index is 12.9. The molecule has 1 N–H and O–H groups in total. The van der Waals surface area contributed by atoms with Crippen LogP contribution in [0, 0.1) is 6.92 Å². The SMILES string of the molecule is Cc1cc(NC(=O)CN(CCCN2CCOCC2)C(=O)c2ccccc2)no1.